The van der Waals surface area contributed by atoms with Gasteiger partial charge >= 0.3 is 0 Å². The lowest BCUT2D eigenvalue weighted by Crippen LogP contribution is -2.35. The Balaban J connectivity index is 2.00. The number of hydrogen-bond acceptors (Lipinski definition) is 4. The number of anilines is 1. The Morgan fingerprint density at radius 1 is 1.71 bits per heavy atom. The van der Waals surface area contributed by atoms with Crippen LogP contribution in [0.25, 0.3) is 0 Å². The first-order valence-electron chi connectivity index (χ1n) is 5.40. The number of carbonyl (C=O) groups is 1. The fraction of sp³-hybridized carbons (Fsp3) is 0.455. The molecule has 3 N–H and O–H groups in total. The number of aliphatic hydroxyl groups is 1. The van der Waals surface area contributed by atoms with Gasteiger partial charge in [0, 0.05) is 6.54 Å². The number of nitrogens with one attached hydrogen (secondary N) is 2. The topological polar surface area (TPSA) is 74.2 Å². The minimum absolute atomic E-state index is 0.162. The number of aromatic nitrogens is 1. The molecule has 1 amide bonds. The molecule has 0 aromatic carbocycles. The normalized spacial score (nSPS) is 23.7. The average Bonchev–Trinajstić information content (AvgIpc) is 2.70. The average molecular weight is 256 g/mol. The zero-order chi connectivity index (χ0) is 12.4. The van der Waals surface area contributed by atoms with Crippen molar-refractivity contribution >= 4 is 23.2 Å². The van der Waals surface area contributed by atoms with E-state index in [0.717, 1.165) is 5.56 Å². The molecule has 0 radical (unpaired) electrons. The number of amides is 1. The molecule has 2 heterocycles. The third-order valence-electron chi connectivity index (χ3n) is 2.71. The van der Waals surface area contributed by atoms with Gasteiger partial charge in [-0.3, -0.25) is 4.79 Å². The molecule has 5 nitrogen and oxygen atoms in total. The minimum Gasteiger partial charge on any atom is -0.392 e. The summed E-state index contributed by atoms with van der Waals surface area (Å²) in [7, 11) is 0. The molecule has 1 aromatic rings. The van der Waals surface area contributed by atoms with Gasteiger partial charge in [0.2, 0.25) is 5.91 Å². The van der Waals surface area contributed by atoms with Gasteiger partial charge in [0.25, 0.3) is 0 Å². The van der Waals surface area contributed by atoms with Crippen molar-refractivity contribution in [2.45, 2.75) is 25.5 Å². The summed E-state index contributed by atoms with van der Waals surface area (Å²) in [6.07, 6.45) is 1.50. The van der Waals surface area contributed by atoms with Crippen molar-refractivity contribution < 1.29 is 9.90 Å². The third kappa shape index (κ3) is 2.94. The lowest BCUT2D eigenvalue weighted by atomic mass is 10.2. The van der Waals surface area contributed by atoms with Crippen molar-refractivity contribution in [3.05, 3.63) is 23.0 Å². The highest BCUT2D eigenvalue weighted by atomic mass is 35.5. The smallest absolute Gasteiger partial charge is 0.241 e. The van der Waals surface area contributed by atoms with Crippen LogP contribution in [0.3, 0.4) is 0 Å². The number of hydrogen-bond donors (Lipinski definition) is 3. The molecule has 2 atom stereocenters. The van der Waals surface area contributed by atoms with E-state index in [4.69, 9.17) is 11.6 Å². The second-order valence-electron chi connectivity index (χ2n) is 4.17. The van der Waals surface area contributed by atoms with Crippen molar-refractivity contribution in [3.63, 3.8) is 0 Å². The Labute approximate surface area is 104 Å². The molecule has 92 valence electrons. The predicted molar refractivity (Wildman–Crippen MR) is 65.0 cm³/mol. The predicted octanol–water partition coefficient (Wildman–Crippen LogP) is 0.705. The molecule has 0 saturated carbocycles. The van der Waals surface area contributed by atoms with Gasteiger partial charge in [-0.15, -0.1) is 0 Å². The summed E-state index contributed by atoms with van der Waals surface area (Å²) >= 11 is 5.79. The van der Waals surface area contributed by atoms with Crippen LogP contribution in [0.5, 0.6) is 0 Å². The Morgan fingerprint density at radius 2 is 2.47 bits per heavy atom. The Bertz CT molecular complexity index is 439. The van der Waals surface area contributed by atoms with Crippen LogP contribution >= 0.6 is 11.6 Å². The SMILES string of the molecule is Cc1cc(NC(=O)C2CC(O)CN2)cnc1Cl. The van der Waals surface area contributed by atoms with Crippen LogP contribution in [-0.4, -0.2) is 34.7 Å². The van der Waals surface area contributed by atoms with Gasteiger partial charge in [0.15, 0.2) is 0 Å². The Kier molecular flexibility index (Phi) is 3.61. The highest BCUT2D eigenvalue weighted by molar-refractivity contribution is 6.30. The van der Waals surface area contributed by atoms with Gasteiger partial charge in [-0.25, -0.2) is 4.98 Å². The molecule has 1 aliphatic heterocycles. The van der Waals surface area contributed by atoms with Gasteiger partial charge in [-0.05, 0) is 25.0 Å². The quantitative estimate of drug-likeness (QED) is 0.681. The van der Waals surface area contributed by atoms with Crippen LogP contribution in [0.4, 0.5) is 5.69 Å². The van der Waals surface area contributed by atoms with E-state index in [-0.39, 0.29) is 11.9 Å². The van der Waals surface area contributed by atoms with E-state index >= 15 is 0 Å². The molecule has 1 aromatic heterocycles. The first-order chi connectivity index (χ1) is 8.06. The van der Waals surface area contributed by atoms with E-state index in [9.17, 15) is 9.90 Å². The van der Waals surface area contributed by atoms with Crippen LogP contribution in [-0.2, 0) is 4.79 Å². The fourth-order valence-electron chi connectivity index (χ4n) is 1.77. The lowest BCUT2D eigenvalue weighted by molar-refractivity contribution is -0.117. The van der Waals surface area contributed by atoms with Crippen LogP contribution < -0.4 is 10.6 Å². The number of halogens is 1. The van der Waals surface area contributed by atoms with E-state index in [0.29, 0.717) is 23.8 Å². The summed E-state index contributed by atoms with van der Waals surface area (Å²) in [5, 5.41) is 15.4. The van der Waals surface area contributed by atoms with Gasteiger partial charge in [-0.1, -0.05) is 11.6 Å². The molecule has 1 fully saturated rings. The zero-order valence-corrected chi connectivity index (χ0v) is 10.2. The van der Waals surface area contributed by atoms with E-state index in [2.05, 4.69) is 15.6 Å². The second kappa shape index (κ2) is 5.00. The van der Waals surface area contributed by atoms with Crippen LogP contribution in [0, 0.1) is 6.92 Å². The molecule has 2 rings (SSSR count). The summed E-state index contributed by atoms with van der Waals surface area (Å²) < 4.78 is 0. The Morgan fingerprint density at radius 3 is 3.06 bits per heavy atom. The van der Waals surface area contributed by atoms with E-state index in [1.165, 1.54) is 6.20 Å². The van der Waals surface area contributed by atoms with Crippen molar-refractivity contribution in [2.75, 3.05) is 11.9 Å². The molecular formula is C11H14ClN3O2. The van der Waals surface area contributed by atoms with Crippen LogP contribution in [0.2, 0.25) is 5.15 Å². The van der Waals surface area contributed by atoms with Gasteiger partial charge in [0.1, 0.15) is 5.15 Å². The summed E-state index contributed by atoms with van der Waals surface area (Å²) in [5.74, 6) is -0.162. The summed E-state index contributed by atoms with van der Waals surface area (Å²) in [6, 6.07) is 1.42. The summed E-state index contributed by atoms with van der Waals surface area (Å²) in [6.45, 7) is 2.28. The maximum atomic E-state index is 11.8. The van der Waals surface area contributed by atoms with Crippen molar-refractivity contribution in [3.8, 4) is 0 Å². The highest BCUT2D eigenvalue weighted by Gasteiger charge is 2.27. The first-order valence-corrected chi connectivity index (χ1v) is 5.78. The van der Waals surface area contributed by atoms with Crippen LogP contribution in [0.1, 0.15) is 12.0 Å². The summed E-state index contributed by atoms with van der Waals surface area (Å²) in [4.78, 5) is 15.8. The molecule has 1 aliphatic rings. The molecule has 0 spiro atoms. The molecule has 1 saturated heterocycles. The number of nitrogens with zero attached hydrogens (tertiary/aromatic N) is 1. The number of aryl methyl sites for hydroxylation is 1. The van der Waals surface area contributed by atoms with Gasteiger partial charge in [-0.2, -0.15) is 0 Å². The minimum atomic E-state index is -0.448. The maximum Gasteiger partial charge on any atom is 0.241 e. The Hall–Kier alpha value is -1.17. The molecule has 2 unspecified atom stereocenters. The van der Waals surface area contributed by atoms with Gasteiger partial charge in [0.05, 0.1) is 24.0 Å². The number of carbonyl (C=O) groups excluding carboxylic acids is 1. The van der Waals surface area contributed by atoms with E-state index in [1.807, 2.05) is 6.92 Å². The number of aliphatic hydroxyl groups excluding tert-OH is 1. The zero-order valence-electron chi connectivity index (χ0n) is 9.40. The number of pyridine rings is 1. The standard InChI is InChI=1S/C11H14ClN3O2/c1-6-2-7(4-14-10(6)12)15-11(17)9-3-8(16)5-13-9/h2,4,8-9,13,16H,3,5H2,1H3,(H,15,17). The first kappa shape index (κ1) is 12.3. The van der Waals surface area contributed by atoms with Crippen molar-refractivity contribution in [1.29, 1.82) is 0 Å². The second-order valence-corrected chi connectivity index (χ2v) is 4.53. The maximum absolute atomic E-state index is 11.8. The van der Waals surface area contributed by atoms with Crippen molar-refractivity contribution in [2.24, 2.45) is 0 Å². The van der Waals surface area contributed by atoms with Crippen molar-refractivity contribution in [1.82, 2.24) is 10.3 Å². The highest BCUT2D eigenvalue weighted by Crippen LogP contribution is 2.17. The third-order valence-corrected chi connectivity index (χ3v) is 3.10. The number of rotatable bonds is 2. The monoisotopic (exact) mass is 255 g/mol. The number of β-amino-alcohol motifs (C(OH)–C–C–N with tert-alkyl or cyclic N) is 1. The lowest BCUT2D eigenvalue weighted by Gasteiger charge is -2.11. The molecule has 0 aliphatic carbocycles. The van der Waals surface area contributed by atoms with E-state index in [1.54, 1.807) is 6.07 Å². The molecule has 6 heteroatoms. The molecule has 0 bridgehead atoms. The molecular weight excluding hydrogens is 242 g/mol. The van der Waals surface area contributed by atoms with E-state index < -0.39 is 6.10 Å². The summed E-state index contributed by atoms with van der Waals surface area (Å²) in [5.41, 5.74) is 1.42. The van der Waals surface area contributed by atoms with Crippen LogP contribution in [0.15, 0.2) is 12.3 Å². The van der Waals surface area contributed by atoms with Gasteiger partial charge < -0.3 is 15.7 Å². The fourth-order valence-corrected chi connectivity index (χ4v) is 1.88. The largest absolute Gasteiger partial charge is 0.392 e. The molecule has 17 heavy (non-hydrogen) atoms.